The standard InChI is InChI=1S/C14H13IN2O/c1-8-7-10(8)13-16-12(11(15)14(18)17-13)9-5-3-2-4-6-9/h2-6,8,10H,7H2,1H3,(H,16,17,18). The summed E-state index contributed by atoms with van der Waals surface area (Å²) in [4.78, 5) is 19.5. The highest BCUT2D eigenvalue weighted by atomic mass is 127. The molecule has 1 aliphatic rings. The third kappa shape index (κ3) is 2.09. The fraction of sp³-hybridized carbons (Fsp3) is 0.286. The number of hydrogen-bond donors (Lipinski definition) is 1. The average Bonchev–Trinajstić information content (AvgIpc) is 3.11. The molecule has 4 heteroatoms. The largest absolute Gasteiger partial charge is 0.309 e. The molecule has 2 atom stereocenters. The molecule has 0 saturated heterocycles. The first-order valence-electron chi connectivity index (χ1n) is 6.02. The van der Waals surface area contributed by atoms with Gasteiger partial charge in [-0.3, -0.25) is 4.79 Å². The number of nitrogens with one attached hydrogen (secondary N) is 1. The van der Waals surface area contributed by atoms with Gasteiger partial charge in [0.15, 0.2) is 0 Å². The lowest BCUT2D eigenvalue weighted by Crippen LogP contribution is -2.16. The minimum absolute atomic E-state index is 0.0291. The van der Waals surface area contributed by atoms with Crippen molar-refractivity contribution in [2.24, 2.45) is 5.92 Å². The molecule has 1 aromatic heterocycles. The lowest BCUT2D eigenvalue weighted by atomic mass is 10.1. The van der Waals surface area contributed by atoms with E-state index in [1.54, 1.807) is 0 Å². The summed E-state index contributed by atoms with van der Waals surface area (Å²) in [5.74, 6) is 1.90. The molecule has 1 fully saturated rings. The zero-order valence-electron chi connectivity index (χ0n) is 9.98. The molecular weight excluding hydrogens is 339 g/mol. The maximum absolute atomic E-state index is 12.0. The van der Waals surface area contributed by atoms with E-state index in [0.717, 1.165) is 23.5 Å². The highest BCUT2D eigenvalue weighted by Gasteiger charge is 2.36. The van der Waals surface area contributed by atoms with Crippen LogP contribution >= 0.6 is 22.6 Å². The second kappa shape index (κ2) is 4.50. The quantitative estimate of drug-likeness (QED) is 0.844. The Kier molecular flexibility index (Phi) is 2.97. The molecule has 0 radical (unpaired) electrons. The van der Waals surface area contributed by atoms with Gasteiger partial charge in [-0.05, 0) is 34.9 Å². The van der Waals surface area contributed by atoms with Crippen LogP contribution in [0, 0.1) is 9.49 Å². The van der Waals surface area contributed by atoms with Crippen LogP contribution in [0.4, 0.5) is 0 Å². The monoisotopic (exact) mass is 352 g/mol. The van der Waals surface area contributed by atoms with Crippen LogP contribution in [-0.2, 0) is 0 Å². The number of benzene rings is 1. The summed E-state index contributed by atoms with van der Waals surface area (Å²) >= 11 is 2.07. The summed E-state index contributed by atoms with van der Waals surface area (Å²) < 4.78 is 0.663. The van der Waals surface area contributed by atoms with Gasteiger partial charge in [0, 0.05) is 11.5 Å². The Bertz CT molecular complexity index is 636. The highest BCUT2D eigenvalue weighted by molar-refractivity contribution is 14.1. The molecule has 1 aromatic carbocycles. The lowest BCUT2D eigenvalue weighted by molar-refractivity contribution is 0.832. The topological polar surface area (TPSA) is 45.8 Å². The fourth-order valence-corrected chi connectivity index (χ4v) is 2.71. The van der Waals surface area contributed by atoms with Gasteiger partial charge in [-0.1, -0.05) is 37.3 Å². The molecule has 0 amide bonds. The van der Waals surface area contributed by atoms with Crippen molar-refractivity contribution in [2.45, 2.75) is 19.3 Å². The summed E-state index contributed by atoms with van der Waals surface area (Å²) in [7, 11) is 0. The number of nitrogens with zero attached hydrogens (tertiary/aromatic N) is 1. The van der Waals surface area contributed by atoms with Gasteiger partial charge in [0.1, 0.15) is 9.39 Å². The van der Waals surface area contributed by atoms with Crippen LogP contribution in [0.2, 0.25) is 0 Å². The van der Waals surface area contributed by atoms with Crippen molar-refractivity contribution in [1.29, 1.82) is 0 Å². The molecule has 0 aliphatic heterocycles. The number of halogens is 1. The molecule has 1 heterocycles. The van der Waals surface area contributed by atoms with Crippen LogP contribution in [0.3, 0.4) is 0 Å². The molecule has 1 N–H and O–H groups in total. The molecule has 0 spiro atoms. The molecule has 3 rings (SSSR count). The Morgan fingerprint density at radius 1 is 1.33 bits per heavy atom. The van der Waals surface area contributed by atoms with Crippen molar-refractivity contribution < 1.29 is 0 Å². The van der Waals surface area contributed by atoms with Gasteiger partial charge in [-0.15, -0.1) is 0 Å². The fourth-order valence-electron chi connectivity index (χ4n) is 2.14. The minimum atomic E-state index is -0.0291. The Balaban J connectivity index is 2.14. The molecule has 3 nitrogen and oxygen atoms in total. The van der Waals surface area contributed by atoms with Gasteiger partial charge in [0.25, 0.3) is 5.56 Å². The summed E-state index contributed by atoms with van der Waals surface area (Å²) in [6, 6.07) is 9.88. The van der Waals surface area contributed by atoms with Gasteiger partial charge >= 0.3 is 0 Å². The van der Waals surface area contributed by atoms with Gasteiger partial charge in [-0.25, -0.2) is 4.98 Å². The van der Waals surface area contributed by atoms with E-state index < -0.39 is 0 Å². The van der Waals surface area contributed by atoms with Crippen LogP contribution in [-0.4, -0.2) is 9.97 Å². The molecule has 0 bridgehead atoms. The third-order valence-electron chi connectivity index (χ3n) is 3.39. The SMILES string of the molecule is CC1CC1c1nc(-c2ccccc2)c(I)c(=O)[nH]1. The predicted molar refractivity (Wildman–Crippen MR) is 79.5 cm³/mol. The summed E-state index contributed by atoms with van der Waals surface area (Å²) in [6.45, 7) is 2.19. The Hall–Kier alpha value is -1.17. The maximum Gasteiger partial charge on any atom is 0.264 e. The van der Waals surface area contributed by atoms with Crippen molar-refractivity contribution in [1.82, 2.24) is 9.97 Å². The van der Waals surface area contributed by atoms with Crippen LogP contribution in [0.5, 0.6) is 0 Å². The first-order valence-corrected chi connectivity index (χ1v) is 7.10. The molecule has 2 unspecified atom stereocenters. The van der Waals surface area contributed by atoms with E-state index >= 15 is 0 Å². The molecule has 1 saturated carbocycles. The molecule has 2 aromatic rings. The zero-order chi connectivity index (χ0) is 12.7. The van der Waals surface area contributed by atoms with E-state index in [0.29, 0.717) is 15.4 Å². The molecule has 18 heavy (non-hydrogen) atoms. The van der Waals surface area contributed by atoms with Gasteiger partial charge in [0.05, 0.1) is 5.69 Å². The Morgan fingerprint density at radius 2 is 2.00 bits per heavy atom. The first kappa shape index (κ1) is 11.9. The number of aromatic nitrogens is 2. The van der Waals surface area contributed by atoms with Crippen LogP contribution in [0.1, 0.15) is 25.1 Å². The summed E-state index contributed by atoms with van der Waals surface area (Å²) in [5.41, 5.74) is 1.77. The minimum Gasteiger partial charge on any atom is -0.309 e. The van der Waals surface area contributed by atoms with E-state index in [-0.39, 0.29) is 5.56 Å². The number of H-pyrrole nitrogens is 1. The smallest absolute Gasteiger partial charge is 0.264 e. The highest BCUT2D eigenvalue weighted by Crippen LogP contribution is 2.45. The number of rotatable bonds is 2. The van der Waals surface area contributed by atoms with Crippen molar-refractivity contribution in [3.05, 3.63) is 50.1 Å². The van der Waals surface area contributed by atoms with Crippen LogP contribution in [0.15, 0.2) is 35.1 Å². The van der Waals surface area contributed by atoms with Crippen LogP contribution < -0.4 is 5.56 Å². The van der Waals surface area contributed by atoms with Crippen molar-refractivity contribution in [3.63, 3.8) is 0 Å². The van der Waals surface area contributed by atoms with Crippen LogP contribution in [0.25, 0.3) is 11.3 Å². The van der Waals surface area contributed by atoms with E-state index in [4.69, 9.17) is 0 Å². The predicted octanol–water partition coefficient (Wildman–Crippen LogP) is 3.16. The Morgan fingerprint density at radius 3 is 2.61 bits per heavy atom. The summed E-state index contributed by atoms with van der Waals surface area (Å²) in [5, 5.41) is 0. The van der Waals surface area contributed by atoms with Gasteiger partial charge in [0.2, 0.25) is 0 Å². The average molecular weight is 352 g/mol. The van der Waals surface area contributed by atoms with E-state index in [2.05, 4.69) is 39.5 Å². The zero-order valence-corrected chi connectivity index (χ0v) is 12.1. The summed E-state index contributed by atoms with van der Waals surface area (Å²) in [6.07, 6.45) is 1.12. The number of hydrogen-bond acceptors (Lipinski definition) is 2. The number of aromatic amines is 1. The van der Waals surface area contributed by atoms with Crippen molar-refractivity contribution >= 4 is 22.6 Å². The first-order chi connectivity index (χ1) is 8.66. The molecule has 92 valence electrons. The maximum atomic E-state index is 12.0. The second-order valence-corrected chi connectivity index (χ2v) is 5.88. The van der Waals surface area contributed by atoms with E-state index in [1.165, 1.54) is 0 Å². The Labute approximate surface area is 119 Å². The molecule has 1 aliphatic carbocycles. The van der Waals surface area contributed by atoms with Gasteiger partial charge in [-0.2, -0.15) is 0 Å². The third-order valence-corrected chi connectivity index (χ3v) is 4.39. The lowest BCUT2D eigenvalue weighted by Gasteiger charge is -2.06. The van der Waals surface area contributed by atoms with E-state index in [9.17, 15) is 4.79 Å². The second-order valence-electron chi connectivity index (χ2n) is 4.80. The van der Waals surface area contributed by atoms with Gasteiger partial charge < -0.3 is 4.98 Å². The normalized spacial score (nSPS) is 21.9. The van der Waals surface area contributed by atoms with Crippen molar-refractivity contribution in [3.8, 4) is 11.3 Å². The van der Waals surface area contributed by atoms with E-state index in [1.807, 2.05) is 30.3 Å². The molecular formula is C14H13IN2O. The van der Waals surface area contributed by atoms with Crippen molar-refractivity contribution in [2.75, 3.05) is 0 Å².